The second-order valence-electron chi connectivity index (χ2n) is 9.21. The van der Waals surface area contributed by atoms with E-state index in [0.717, 1.165) is 12.1 Å². The Bertz CT molecular complexity index is 867. The van der Waals surface area contributed by atoms with E-state index in [1.165, 1.54) is 18.2 Å². The Kier molecular flexibility index (Phi) is 10.8. The summed E-state index contributed by atoms with van der Waals surface area (Å²) in [6.07, 6.45) is 2.11. The molecule has 1 fully saturated rings. The first-order valence-electron chi connectivity index (χ1n) is 11.8. The van der Waals surface area contributed by atoms with Crippen molar-refractivity contribution in [3.05, 3.63) is 54.1 Å². The lowest BCUT2D eigenvalue weighted by atomic mass is 9.79. The van der Waals surface area contributed by atoms with Crippen LogP contribution in [0.4, 0.5) is 13.2 Å². The Hall–Kier alpha value is -2.36. The van der Waals surface area contributed by atoms with E-state index in [4.69, 9.17) is 9.47 Å². The predicted molar refractivity (Wildman–Crippen MR) is 125 cm³/mol. The summed E-state index contributed by atoms with van der Waals surface area (Å²) in [5, 5.41) is 30.9. The van der Waals surface area contributed by atoms with E-state index in [1.54, 1.807) is 19.9 Å². The summed E-state index contributed by atoms with van der Waals surface area (Å²) < 4.78 is 48.9. The maximum atomic E-state index is 12.8. The lowest BCUT2D eigenvalue weighted by Crippen LogP contribution is -2.28. The lowest BCUT2D eigenvalue weighted by molar-refractivity contribution is -0.147. The topological polar surface area (TPSA) is 96.2 Å². The minimum atomic E-state index is -4.49. The molecule has 1 saturated carbocycles. The smallest absolute Gasteiger partial charge is 0.416 e. The lowest BCUT2D eigenvalue weighted by Gasteiger charge is -2.28. The molecule has 3 N–H and O–H groups in total. The van der Waals surface area contributed by atoms with Gasteiger partial charge < -0.3 is 24.8 Å². The maximum absolute atomic E-state index is 12.8. The zero-order valence-electron chi connectivity index (χ0n) is 20.1. The van der Waals surface area contributed by atoms with E-state index in [1.807, 2.05) is 12.2 Å². The second kappa shape index (κ2) is 13.1. The van der Waals surface area contributed by atoms with Crippen molar-refractivity contribution in [2.75, 3.05) is 6.61 Å². The number of unbranched alkanes of at least 4 members (excludes halogenated alkanes) is 1. The molecule has 196 valence electrons. The van der Waals surface area contributed by atoms with Gasteiger partial charge in [-0.25, -0.2) is 0 Å². The first-order chi connectivity index (χ1) is 16.4. The van der Waals surface area contributed by atoms with Gasteiger partial charge in [0.2, 0.25) is 0 Å². The van der Waals surface area contributed by atoms with Crippen LogP contribution in [0.2, 0.25) is 0 Å². The number of aliphatic hydroxyl groups excluding tert-OH is 3. The fourth-order valence-electron chi connectivity index (χ4n) is 4.03. The van der Waals surface area contributed by atoms with E-state index in [0.29, 0.717) is 32.1 Å². The fourth-order valence-corrected chi connectivity index (χ4v) is 4.03. The van der Waals surface area contributed by atoms with E-state index in [9.17, 15) is 33.3 Å². The Morgan fingerprint density at radius 1 is 1.26 bits per heavy atom. The summed E-state index contributed by atoms with van der Waals surface area (Å²) in [6, 6.07) is 4.40. The molecule has 1 aliphatic rings. The SMILES string of the molecule is CC(C)OC(=O)CCCC=CC[C@]1(C=C[C@@H](O)COc2cccc(C(F)(F)F)c2)C[C@@H](O)C[C@@H]1O. The summed E-state index contributed by atoms with van der Waals surface area (Å²) in [5.74, 6) is -0.262. The Morgan fingerprint density at radius 3 is 2.63 bits per heavy atom. The van der Waals surface area contributed by atoms with Crippen molar-refractivity contribution in [2.45, 2.75) is 83.0 Å². The van der Waals surface area contributed by atoms with Crippen molar-refractivity contribution in [1.82, 2.24) is 0 Å². The van der Waals surface area contributed by atoms with Gasteiger partial charge >= 0.3 is 12.1 Å². The Morgan fingerprint density at radius 2 is 2.00 bits per heavy atom. The zero-order chi connectivity index (χ0) is 26.1. The van der Waals surface area contributed by atoms with Crippen molar-refractivity contribution >= 4 is 5.97 Å². The third kappa shape index (κ3) is 9.66. The molecule has 0 aliphatic heterocycles. The molecule has 0 radical (unpaired) electrons. The van der Waals surface area contributed by atoms with Crippen LogP contribution in [0.1, 0.15) is 57.9 Å². The van der Waals surface area contributed by atoms with Crippen LogP contribution >= 0.6 is 0 Å². The molecule has 0 saturated heterocycles. The number of esters is 1. The number of ether oxygens (including phenoxy) is 2. The van der Waals surface area contributed by atoms with Crippen molar-refractivity contribution in [2.24, 2.45) is 5.41 Å². The van der Waals surface area contributed by atoms with Crippen LogP contribution in [0, 0.1) is 5.41 Å². The van der Waals surface area contributed by atoms with Gasteiger partial charge in [0, 0.05) is 18.3 Å². The normalized spacial score (nSPS) is 23.9. The predicted octanol–water partition coefficient (Wildman–Crippen LogP) is 4.57. The highest BCUT2D eigenvalue weighted by atomic mass is 19.4. The molecule has 35 heavy (non-hydrogen) atoms. The number of carbonyl (C=O) groups excluding carboxylic acids is 1. The highest BCUT2D eigenvalue weighted by molar-refractivity contribution is 5.69. The highest BCUT2D eigenvalue weighted by Gasteiger charge is 2.43. The van der Waals surface area contributed by atoms with Crippen LogP contribution in [0.15, 0.2) is 48.6 Å². The van der Waals surface area contributed by atoms with E-state index in [-0.39, 0.29) is 30.9 Å². The van der Waals surface area contributed by atoms with Gasteiger partial charge in [0.05, 0.1) is 23.9 Å². The van der Waals surface area contributed by atoms with Crippen molar-refractivity contribution in [3.63, 3.8) is 0 Å². The fraction of sp³-hybridized carbons (Fsp3) is 0.577. The minimum absolute atomic E-state index is 0.0153. The Balaban J connectivity index is 1.91. The molecule has 4 atom stereocenters. The number of hydrogen-bond donors (Lipinski definition) is 3. The number of carbonyl (C=O) groups is 1. The van der Waals surface area contributed by atoms with Gasteiger partial charge in [0.1, 0.15) is 18.5 Å². The van der Waals surface area contributed by atoms with E-state index < -0.39 is 35.5 Å². The molecule has 9 heteroatoms. The Labute approximate surface area is 204 Å². The maximum Gasteiger partial charge on any atom is 0.416 e. The molecule has 0 amide bonds. The van der Waals surface area contributed by atoms with Crippen LogP contribution < -0.4 is 4.74 Å². The van der Waals surface area contributed by atoms with E-state index >= 15 is 0 Å². The van der Waals surface area contributed by atoms with Crippen molar-refractivity contribution < 1.29 is 42.8 Å². The molecule has 1 aromatic carbocycles. The van der Waals surface area contributed by atoms with E-state index in [2.05, 4.69) is 0 Å². The molecule has 2 rings (SSSR count). The molecule has 0 heterocycles. The van der Waals surface area contributed by atoms with Crippen LogP contribution in [0.5, 0.6) is 5.75 Å². The average Bonchev–Trinajstić information content (AvgIpc) is 3.05. The molecule has 0 spiro atoms. The van der Waals surface area contributed by atoms with Crippen molar-refractivity contribution in [3.8, 4) is 5.75 Å². The first kappa shape index (κ1) is 28.9. The summed E-state index contributed by atoms with van der Waals surface area (Å²) in [5.41, 5.74) is -1.63. The number of halogens is 3. The number of alkyl halides is 3. The number of allylic oxidation sites excluding steroid dienone is 2. The molecule has 0 unspecified atom stereocenters. The van der Waals surface area contributed by atoms with Crippen LogP contribution in [0.25, 0.3) is 0 Å². The second-order valence-corrected chi connectivity index (χ2v) is 9.21. The molecule has 1 aromatic rings. The van der Waals surface area contributed by atoms with Crippen molar-refractivity contribution in [1.29, 1.82) is 0 Å². The number of rotatable bonds is 12. The molecule has 1 aliphatic carbocycles. The average molecular weight is 501 g/mol. The van der Waals surface area contributed by atoms with Gasteiger partial charge in [-0.2, -0.15) is 13.2 Å². The monoisotopic (exact) mass is 500 g/mol. The summed E-state index contributed by atoms with van der Waals surface area (Å²) in [4.78, 5) is 11.6. The van der Waals surface area contributed by atoms with Gasteiger partial charge in [-0.1, -0.05) is 30.4 Å². The third-order valence-electron chi connectivity index (χ3n) is 5.79. The van der Waals surface area contributed by atoms with Gasteiger partial charge in [-0.15, -0.1) is 0 Å². The summed E-state index contributed by atoms with van der Waals surface area (Å²) in [7, 11) is 0. The molecular weight excluding hydrogens is 465 g/mol. The summed E-state index contributed by atoms with van der Waals surface area (Å²) in [6.45, 7) is 3.32. The quantitative estimate of drug-likeness (QED) is 0.221. The number of benzene rings is 1. The van der Waals surface area contributed by atoms with Crippen LogP contribution in [0.3, 0.4) is 0 Å². The highest BCUT2D eigenvalue weighted by Crippen LogP contribution is 2.43. The minimum Gasteiger partial charge on any atom is -0.491 e. The number of aliphatic hydroxyl groups is 3. The molecule has 0 aromatic heterocycles. The first-order valence-corrected chi connectivity index (χ1v) is 11.8. The summed E-state index contributed by atoms with van der Waals surface area (Å²) >= 11 is 0. The van der Waals surface area contributed by atoms with Gasteiger partial charge in [-0.05, 0) is 57.7 Å². The molecule has 0 bridgehead atoms. The molecule has 6 nitrogen and oxygen atoms in total. The third-order valence-corrected chi connectivity index (χ3v) is 5.79. The zero-order valence-corrected chi connectivity index (χ0v) is 20.1. The van der Waals surface area contributed by atoms with Crippen LogP contribution in [-0.4, -0.2) is 52.3 Å². The van der Waals surface area contributed by atoms with Gasteiger partial charge in [0.25, 0.3) is 0 Å². The van der Waals surface area contributed by atoms with Gasteiger partial charge in [0.15, 0.2) is 0 Å². The molecular formula is C26H35F3O6. The standard InChI is InChI=1S/C26H35F3O6/c1-18(2)35-24(33)10-5-3-4-6-12-25(16-21(31)15-23(25)32)13-11-20(30)17-34-22-9-7-8-19(14-22)26(27,28)29/h4,6-9,11,13-14,18,20-21,23,30-32H,3,5,10,12,15-17H2,1-2H3/t20-,21+,23+,25+/m1/s1. The van der Waals surface area contributed by atoms with Gasteiger partial charge in [-0.3, -0.25) is 4.79 Å². The largest absolute Gasteiger partial charge is 0.491 e. The number of hydrogen-bond acceptors (Lipinski definition) is 6. The van der Waals surface area contributed by atoms with Crippen LogP contribution in [-0.2, 0) is 15.7 Å².